The molecule has 0 fully saturated rings. The Labute approximate surface area is 139 Å². The fraction of sp³-hybridized carbons (Fsp3) is 0.500. The Bertz CT molecular complexity index is 505. The van der Waals surface area contributed by atoms with Crippen molar-refractivity contribution in [3.8, 4) is 11.5 Å². The number of anilines is 1. The minimum absolute atomic E-state index is 0.166. The van der Waals surface area contributed by atoms with E-state index in [1.165, 1.54) is 0 Å². The number of carbonyl (C=O) groups excluding carboxylic acids is 2. The summed E-state index contributed by atoms with van der Waals surface area (Å²) in [5.74, 6) is 0.572. The second kappa shape index (κ2) is 10.2. The van der Waals surface area contributed by atoms with Gasteiger partial charge in [-0.15, -0.1) is 0 Å². The molecule has 122 valence electrons. The molecule has 0 aliphatic heterocycles. The Morgan fingerprint density at radius 3 is 2.45 bits per heavy atom. The van der Waals surface area contributed by atoms with Gasteiger partial charge in [0, 0.05) is 0 Å². The van der Waals surface area contributed by atoms with Gasteiger partial charge in [0.25, 0.3) is 0 Å². The molecule has 0 saturated carbocycles. The van der Waals surface area contributed by atoms with E-state index in [0.29, 0.717) is 30.4 Å². The molecule has 0 spiro atoms. The molecule has 1 aromatic rings. The minimum Gasteiger partial charge on any atom is -0.490 e. The first-order valence-corrected chi connectivity index (χ1v) is 8.50. The van der Waals surface area contributed by atoms with Crippen molar-refractivity contribution in [1.82, 2.24) is 0 Å². The Morgan fingerprint density at radius 2 is 1.82 bits per heavy atom. The smallest absolute Gasteiger partial charge is 0.231 e. The number of hydrogen-bond acceptors (Lipinski definition) is 4. The highest BCUT2D eigenvalue weighted by molar-refractivity contribution is 9.09. The van der Waals surface area contributed by atoms with Crippen molar-refractivity contribution in [1.29, 1.82) is 0 Å². The van der Waals surface area contributed by atoms with Crippen LogP contribution in [0, 0.1) is 0 Å². The number of Topliss-reactive ketones (excluding diaryl/α,β-unsaturated/α-hetero) is 1. The molecule has 22 heavy (non-hydrogen) atoms. The van der Waals surface area contributed by atoms with Crippen LogP contribution < -0.4 is 14.8 Å². The van der Waals surface area contributed by atoms with E-state index in [1.807, 2.05) is 13.8 Å². The third kappa shape index (κ3) is 6.05. The highest BCUT2D eigenvalue weighted by Gasteiger charge is 2.15. The quantitative estimate of drug-likeness (QED) is 0.504. The van der Waals surface area contributed by atoms with E-state index in [1.54, 1.807) is 18.2 Å². The summed E-state index contributed by atoms with van der Waals surface area (Å²) in [5, 5.41) is 2.88. The predicted molar refractivity (Wildman–Crippen MR) is 90.1 cm³/mol. The zero-order chi connectivity index (χ0) is 16.4. The first-order valence-electron chi connectivity index (χ1n) is 7.38. The topological polar surface area (TPSA) is 64.6 Å². The van der Waals surface area contributed by atoms with Crippen LogP contribution in [-0.4, -0.2) is 30.2 Å². The number of benzene rings is 1. The SMILES string of the molecule is CCCOc1cccc(NC(=O)CC(=O)CBr)c1OCCC. The zero-order valence-corrected chi connectivity index (χ0v) is 14.6. The van der Waals surface area contributed by atoms with E-state index >= 15 is 0 Å². The van der Waals surface area contributed by atoms with Crippen LogP contribution in [0.25, 0.3) is 0 Å². The summed E-state index contributed by atoms with van der Waals surface area (Å²) in [6, 6.07) is 5.33. The maximum atomic E-state index is 11.9. The number of carbonyl (C=O) groups is 2. The predicted octanol–water partition coefficient (Wildman–Crippen LogP) is 3.56. The van der Waals surface area contributed by atoms with Crippen molar-refractivity contribution in [3.05, 3.63) is 18.2 Å². The van der Waals surface area contributed by atoms with Gasteiger partial charge in [0.1, 0.15) is 0 Å². The summed E-state index contributed by atoms with van der Waals surface area (Å²) in [4.78, 5) is 23.2. The Balaban J connectivity index is 2.90. The number of ketones is 1. The van der Waals surface area contributed by atoms with Crippen LogP contribution in [-0.2, 0) is 9.59 Å². The lowest BCUT2D eigenvalue weighted by molar-refractivity contribution is -0.123. The van der Waals surface area contributed by atoms with Crippen molar-refractivity contribution >= 4 is 33.3 Å². The monoisotopic (exact) mass is 371 g/mol. The molecule has 0 saturated heterocycles. The fourth-order valence-electron chi connectivity index (χ4n) is 1.71. The van der Waals surface area contributed by atoms with E-state index < -0.39 is 0 Å². The van der Waals surface area contributed by atoms with Gasteiger partial charge in [0.05, 0.1) is 30.7 Å². The molecule has 0 atom stereocenters. The van der Waals surface area contributed by atoms with Gasteiger partial charge in [0.2, 0.25) is 5.91 Å². The minimum atomic E-state index is -0.363. The average Bonchev–Trinajstić information content (AvgIpc) is 2.51. The standard InChI is InChI=1S/C16H22BrNO4/c1-3-8-21-14-7-5-6-13(16(14)22-9-4-2)18-15(20)10-12(19)11-17/h5-7H,3-4,8-11H2,1-2H3,(H,18,20). The van der Waals surface area contributed by atoms with E-state index in [4.69, 9.17) is 9.47 Å². The molecule has 1 amide bonds. The number of amides is 1. The maximum absolute atomic E-state index is 11.9. The summed E-state index contributed by atoms with van der Waals surface area (Å²) in [6.07, 6.45) is 1.56. The van der Waals surface area contributed by atoms with Crippen LogP contribution in [0.3, 0.4) is 0 Å². The summed E-state index contributed by atoms with van der Waals surface area (Å²) < 4.78 is 11.4. The van der Waals surface area contributed by atoms with Gasteiger partial charge < -0.3 is 14.8 Å². The third-order valence-corrected chi connectivity index (χ3v) is 3.30. The number of alkyl halides is 1. The molecule has 5 nitrogen and oxygen atoms in total. The van der Waals surface area contributed by atoms with Gasteiger partial charge in [-0.1, -0.05) is 35.8 Å². The molecular formula is C16H22BrNO4. The normalized spacial score (nSPS) is 10.1. The van der Waals surface area contributed by atoms with Crippen LogP contribution in [0.5, 0.6) is 11.5 Å². The second-order valence-electron chi connectivity index (χ2n) is 4.73. The lowest BCUT2D eigenvalue weighted by atomic mass is 10.2. The Kier molecular flexibility index (Phi) is 8.58. The van der Waals surface area contributed by atoms with Crippen LogP contribution in [0.15, 0.2) is 18.2 Å². The maximum Gasteiger partial charge on any atom is 0.231 e. The molecule has 1 aromatic carbocycles. The lowest BCUT2D eigenvalue weighted by Gasteiger charge is -2.16. The number of ether oxygens (including phenoxy) is 2. The lowest BCUT2D eigenvalue weighted by Crippen LogP contribution is -2.18. The van der Waals surface area contributed by atoms with Gasteiger partial charge in [-0.25, -0.2) is 0 Å². The Morgan fingerprint density at radius 1 is 1.14 bits per heavy atom. The average molecular weight is 372 g/mol. The van der Waals surface area contributed by atoms with Crippen molar-refractivity contribution in [2.24, 2.45) is 0 Å². The summed E-state index contributed by atoms with van der Waals surface area (Å²) >= 11 is 3.04. The van der Waals surface area contributed by atoms with E-state index in [-0.39, 0.29) is 23.4 Å². The van der Waals surface area contributed by atoms with Gasteiger partial charge in [0.15, 0.2) is 17.3 Å². The molecule has 1 rings (SSSR count). The van der Waals surface area contributed by atoms with E-state index in [9.17, 15) is 9.59 Å². The van der Waals surface area contributed by atoms with Crippen LogP contribution in [0.4, 0.5) is 5.69 Å². The first-order chi connectivity index (χ1) is 10.6. The molecule has 0 radical (unpaired) electrons. The third-order valence-electron chi connectivity index (χ3n) is 2.67. The molecule has 1 N–H and O–H groups in total. The van der Waals surface area contributed by atoms with E-state index in [2.05, 4.69) is 21.2 Å². The number of rotatable bonds is 10. The first kappa shape index (κ1) is 18.5. The summed E-state index contributed by atoms with van der Waals surface area (Å²) in [6.45, 7) is 5.12. The number of halogens is 1. The molecule has 0 unspecified atom stereocenters. The largest absolute Gasteiger partial charge is 0.490 e. The molecule has 6 heteroatoms. The van der Waals surface area contributed by atoms with Crippen LogP contribution >= 0.6 is 15.9 Å². The fourth-order valence-corrected chi connectivity index (χ4v) is 1.91. The highest BCUT2D eigenvalue weighted by Crippen LogP contribution is 2.35. The molecule has 0 aliphatic rings. The number of nitrogens with one attached hydrogen (secondary N) is 1. The van der Waals surface area contributed by atoms with Gasteiger partial charge in [-0.2, -0.15) is 0 Å². The van der Waals surface area contributed by atoms with Crippen molar-refractivity contribution < 1.29 is 19.1 Å². The molecular weight excluding hydrogens is 350 g/mol. The number of hydrogen-bond donors (Lipinski definition) is 1. The zero-order valence-electron chi connectivity index (χ0n) is 13.0. The Hall–Kier alpha value is -1.56. The van der Waals surface area contributed by atoms with Crippen LogP contribution in [0.1, 0.15) is 33.1 Å². The summed E-state index contributed by atoms with van der Waals surface area (Å²) in [7, 11) is 0. The number of para-hydroxylation sites is 1. The van der Waals surface area contributed by atoms with Crippen molar-refractivity contribution in [2.75, 3.05) is 23.9 Å². The molecule has 0 aliphatic carbocycles. The van der Waals surface area contributed by atoms with E-state index in [0.717, 1.165) is 12.8 Å². The molecule has 0 bridgehead atoms. The van der Waals surface area contributed by atoms with Gasteiger partial charge in [-0.05, 0) is 25.0 Å². The summed E-state index contributed by atoms with van der Waals surface area (Å²) in [5.41, 5.74) is 0.523. The highest BCUT2D eigenvalue weighted by atomic mass is 79.9. The van der Waals surface area contributed by atoms with Crippen molar-refractivity contribution in [3.63, 3.8) is 0 Å². The van der Waals surface area contributed by atoms with Crippen LogP contribution in [0.2, 0.25) is 0 Å². The molecule has 0 aromatic heterocycles. The van der Waals surface area contributed by atoms with Crippen molar-refractivity contribution in [2.45, 2.75) is 33.1 Å². The van der Waals surface area contributed by atoms with Gasteiger partial charge >= 0.3 is 0 Å². The second-order valence-corrected chi connectivity index (χ2v) is 5.29. The van der Waals surface area contributed by atoms with Gasteiger partial charge in [-0.3, -0.25) is 9.59 Å². The molecule has 0 heterocycles.